The predicted octanol–water partition coefficient (Wildman–Crippen LogP) is 0.983. The van der Waals surface area contributed by atoms with Gasteiger partial charge in [0.15, 0.2) is 5.75 Å². The number of anilines is 1. The smallest absolute Gasteiger partial charge is 0.323 e. The Morgan fingerprint density at radius 1 is 1.65 bits per heavy atom. The fourth-order valence-electron chi connectivity index (χ4n) is 2.55. The summed E-state index contributed by atoms with van der Waals surface area (Å²) in [5.41, 5.74) is 6.80. The number of esters is 1. The number of benzene rings is 1. The van der Waals surface area contributed by atoms with Gasteiger partial charge in [0.25, 0.3) is 0 Å². The molecule has 0 radical (unpaired) electrons. The van der Waals surface area contributed by atoms with Crippen molar-refractivity contribution in [1.29, 1.82) is 5.26 Å². The van der Waals surface area contributed by atoms with Crippen molar-refractivity contribution >= 4 is 11.7 Å². The van der Waals surface area contributed by atoms with Crippen molar-refractivity contribution in [2.45, 2.75) is 25.4 Å². The number of likely N-dealkylation sites (tertiary alicyclic amines) is 1. The van der Waals surface area contributed by atoms with Crippen LogP contribution in [-0.4, -0.2) is 35.7 Å². The number of nitrogen functional groups attached to an aromatic ring is 1. The second-order valence-corrected chi connectivity index (χ2v) is 4.84. The van der Waals surface area contributed by atoms with Crippen LogP contribution in [-0.2, 0) is 16.1 Å². The van der Waals surface area contributed by atoms with Gasteiger partial charge in [-0.3, -0.25) is 9.69 Å². The van der Waals surface area contributed by atoms with Gasteiger partial charge in [0.2, 0.25) is 0 Å². The molecule has 1 aromatic rings. The normalized spacial score (nSPS) is 18.7. The maximum atomic E-state index is 11.7. The van der Waals surface area contributed by atoms with Crippen molar-refractivity contribution < 1.29 is 14.6 Å². The van der Waals surface area contributed by atoms with Gasteiger partial charge in [-0.15, -0.1) is 0 Å². The number of nitriles is 1. The number of phenolic OH excluding ortho intramolecular Hbond substituents is 1. The summed E-state index contributed by atoms with van der Waals surface area (Å²) in [6.07, 6.45) is 1.70. The average molecular weight is 275 g/mol. The maximum Gasteiger partial charge on any atom is 0.323 e. The Balaban J connectivity index is 2.20. The number of hydrogen-bond donors (Lipinski definition) is 2. The van der Waals surface area contributed by atoms with Gasteiger partial charge in [-0.1, -0.05) is 0 Å². The summed E-state index contributed by atoms with van der Waals surface area (Å²) in [5, 5.41) is 18.6. The van der Waals surface area contributed by atoms with Crippen LogP contribution in [0.4, 0.5) is 5.69 Å². The number of methoxy groups -OCH3 is 1. The highest BCUT2D eigenvalue weighted by atomic mass is 16.5. The SMILES string of the molecule is COC(=O)[C@@H]1CCCN1Cc1cc(N)c(O)c(C#N)c1. The van der Waals surface area contributed by atoms with Gasteiger partial charge in [-0.2, -0.15) is 5.26 Å². The Morgan fingerprint density at radius 3 is 3.05 bits per heavy atom. The highest BCUT2D eigenvalue weighted by Gasteiger charge is 2.31. The number of aromatic hydroxyl groups is 1. The molecule has 0 unspecified atom stereocenters. The largest absolute Gasteiger partial charge is 0.504 e. The number of carbonyl (C=O) groups excluding carboxylic acids is 1. The second kappa shape index (κ2) is 5.80. The van der Waals surface area contributed by atoms with E-state index in [1.165, 1.54) is 7.11 Å². The van der Waals surface area contributed by atoms with Gasteiger partial charge in [0, 0.05) is 6.54 Å². The number of carbonyl (C=O) groups is 1. The van der Waals surface area contributed by atoms with Crippen molar-refractivity contribution in [2.24, 2.45) is 0 Å². The molecule has 0 spiro atoms. The molecular formula is C14H17N3O3. The average Bonchev–Trinajstić information content (AvgIpc) is 2.89. The Morgan fingerprint density at radius 2 is 2.40 bits per heavy atom. The van der Waals surface area contributed by atoms with Gasteiger partial charge in [-0.05, 0) is 37.1 Å². The van der Waals surface area contributed by atoms with Gasteiger partial charge in [0.1, 0.15) is 12.1 Å². The molecule has 1 aliphatic heterocycles. The molecule has 0 amide bonds. The molecule has 1 fully saturated rings. The Labute approximate surface area is 117 Å². The van der Waals surface area contributed by atoms with Crippen LogP contribution in [0, 0.1) is 11.3 Å². The molecule has 0 aromatic heterocycles. The van der Waals surface area contributed by atoms with E-state index < -0.39 is 0 Å². The first-order valence-electron chi connectivity index (χ1n) is 6.40. The van der Waals surface area contributed by atoms with E-state index in [9.17, 15) is 9.90 Å². The highest BCUT2D eigenvalue weighted by Crippen LogP contribution is 2.28. The lowest BCUT2D eigenvalue weighted by atomic mass is 10.1. The van der Waals surface area contributed by atoms with E-state index >= 15 is 0 Å². The zero-order chi connectivity index (χ0) is 14.7. The van der Waals surface area contributed by atoms with E-state index in [0.717, 1.165) is 24.9 Å². The van der Waals surface area contributed by atoms with Gasteiger partial charge in [-0.25, -0.2) is 0 Å². The topological polar surface area (TPSA) is 99.6 Å². The maximum absolute atomic E-state index is 11.7. The van der Waals surface area contributed by atoms with E-state index in [-0.39, 0.29) is 29.0 Å². The minimum Gasteiger partial charge on any atom is -0.504 e. The van der Waals surface area contributed by atoms with E-state index in [0.29, 0.717) is 6.54 Å². The molecule has 3 N–H and O–H groups in total. The Kier molecular flexibility index (Phi) is 4.11. The van der Waals surface area contributed by atoms with Crippen molar-refractivity contribution in [2.75, 3.05) is 19.4 Å². The Bertz CT molecular complexity index is 566. The third-order valence-electron chi connectivity index (χ3n) is 3.54. The number of rotatable bonds is 3. The fraction of sp³-hybridized carbons (Fsp3) is 0.429. The first kappa shape index (κ1) is 14.2. The molecule has 0 aliphatic carbocycles. The minimum atomic E-state index is -0.249. The number of hydrogen-bond acceptors (Lipinski definition) is 6. The third kappa shape index (κ3) is 2.68. The standard InChI is InChI=1S/C14H17N3O3/c1-20-14(19)12-3-2-4-17(12)8-9-5-10(7-15)13(18)11(16)6-9/h5-6,12,18H,2-4,8,16H2,1H3/t12-/m0/s1. The van der Waals surface area contributed by atoms with E-state index in [1.54, 1.807) is 12.1 Å². The first-order valence-corrected chi connectivity index (χ1v) is 6.40. The molecular weight excluding hydrogens is 258 g/mol. The van der Waals surface area contributed by atoms with Crippen LogP contribution in [0.25, 0.3) is 0 Å². The zero-order valence-electron chi connectivity index (χ0n) is 11.3. The Hall–Kier alpha value is -2.26. The summed E-state index contributed by atoms with van der Waals surface area (Å²) >= 11 is 0. The molecule has 6 nitrogen and oxygen atoms in total. The molecule has 2 rings (SSSR count). The second-order valence-electron chi connectivity index (χ2n) is 4.84. The van der Waals surface area contributed by atoms with Crippen LogP contribution in [0.15, 0.2) is 12.1 Å². The van der Waals surface area contributed by atoms with Crippen LogP contribution < -0.4 is 5.73 Å². The summed E-state index contributed by atoms with van der Waals surface area (Å²) in [5.74, 6) is -0.433. The lowest BCUT2D eigenvalue weighted by Crippen LogP contribution is -2.36. The molecule has 1 atom stereocenters. The molecule has 1 aliphatic rings. The number of nitrogens with two attached hydrogens (primary N) is 1. The molecule has 0 saturated carbocycles. The predicted molar refractivity (Wildman–Crippen MR) is 72.7 cm³/mol. The molecule has 106 valence electrons. The molecule has 1 saturated heterocycles. The molecule has 20 heavy (non-hydrogen) atoms. The van der Waals surface area contributed by atoms with Crippen LogP contribution in [0.1, 0.15) is 24.0 Å². The lowest BCUT2D eigenvalue weighted by Gasteiger charge is -2.22. The van der Waals surface area contributed by atoms with E-state index in [1.807, 2.05) is 11.0 Å². The van der Waals surface area contributed by atoms with Crippen molar-refractivity contribution in [3.63, 3.8) is 0 Å². The number of nitrogens with zero attached hydrogens (tertiary/aromatic N) is 2. The molecule has 1 aromatic carbocycles. The van der Waals surface area contributed by atoms with Crippen molar-refractivity contribution in [3.05, 3.63) is 23.3 Å². The van der Waals surface area contributed by atoms with E-state index in [4.69, 9.17) is 15.7 Å². The summed E-state index contributed by atoms with van der Waals surface area (Å²) in [4.78, 5) is 13.7. The number of phenols is 1. The van der Waals surface area contributed by atoms with Gasteiger partial charge in [0.05, 0.1) is 18.4 Å². The summed E-state index contributed by atoms with van der Waals surface area (Å²) < 4.78 is 4.79. The fourth-order valence-corrected chi connectivity index (χ4v) is 2.55. The van der Waals surface area contributed by atoms with Crippen LogP contribution in [0.2, 0.25) is 0 Å². The number of ether oxygens (including phenoxy) is 1. The minimum absolute atomic E-state index is 0.147. The van der Waals surface area contributed by atoms with Crippen LogP contribution >= 0.6 is 0 Å². The quantitative estimate of drug-likeness (QED) is 0.484. The summed E-state index contributed by atoms with van der Waals surface area (Å²) in [6.45, 7) is 1.29. The third-order valence-corrected chi connectivity index (χ3v) is 3.54. The monoisotopic (exact) mass is 275 g/mol. The molecule has 0 bridgehead atoms. The van der Waals surface area contributed by atoms with Crippen molar-refractivity contribution in [1.82, 2.24) is 4.90 Å². The lowest BCUT2D eigenvalue weighted by molar-refractivity contribution is -0.146. The van der Waals surface area contributed by atoms with Gasteiger partial charge < -0.3 is 15.6 Å². The van der Waals surface area contributed by atoms with Crippen molar-refractivity contribution in [3.8, 4) is 11.8 Å². The summed E-state index contributed by atoms with van der Waals surface area (Å²) in [6, 6.07) is 4.88. The van der Waals surface area contributed by atoms with Crippen LogP contribution in [0.5, 0.6) is 5.75 Å². The molecule has 6 heteroatoms. The highest BCUT2D eigenvalue weighted by molar-refractivity contribution is 5.76. The van der Waals surface area contributed by atoms with E-state index in [2.05, 4.69) is 0 Å². The first-order chi connectivity index (χ1) is 9.56. The zero-order valence-corrected chi connectivity index (χ0v) is 11.3. The molecule has 1 heterocycles. The van der Waals surface area contributed by atoms with Crippen LogP contribution in [0.3, 0.4) is 0 Å². The summed E-state index contributed by atoms with van der Waals surface area (Å²) in [7, 11) is 1.38. The van der Waals surface area contributed by atoms with Gasteiger partial charge >= 0.3 is 5.97 Å².